The average Bonchev–Trinajstić information content (AvgIpc) is 3.05. The highest BCUT2D eigenvalue weighted by Crippen LogP contribution is 2.31. The van der Waals surface area contributed by atoms with Crippen LogP contribution in [0.2, 0.25) is 5.02 Å². The SMILES string of the molecule is O=C(c1cn2cc(Cl)ccc2n1)N1CCCCC1c1cccnc1. The third-order valence-corrected chi connectivity index (χ3v) is 4.69. The summed E-state index contributed by atoms with van der Waals surface area (Å²) in [7, 11) is 0. The number of imidazole rings is 1. The molecule has 1 aliphatic heterocycles. The predicted octanol–water partition coefficient (Wildman–Crippen LogP) is 3.75. The van der Waals surface area contributed by atoms with Gasteiger partial charge >= 0.3 is 0 Å². The molecule has 5 nitrogen and oxygen atoms in total. The Labute approximate surface area is 144 Å². The molecule has 0 aliphatic carbocycles. The summed E-state index contributed by atoms with van der Waals surface area (Å²) < 4.78 is 1.79. The van der Waals surface area contributed by atoms with Crippen LogP contribution in [0.1, 0.15) is 41.4 Å². The van der Waals surface area contributed by atoms with Crippen molar-refractivity contribution in [3.8, 4) is 0 Å². The lowest BCUT2D eigenvalue weighted by Gasteiger charge is -2.35. The van der Waals surface area contributed by atoms with Crippen LogP contribution in [0, 0.1) is 0 Å². The summed E-state index contributed by atoms with van der Waals surface area (Å²) in [6.45, 7) is 0.743. The fourth-order valence-electron chi connectivity index (χ4n) is 3.31. The molecule has 0 spiro atoms. The van der Waals surface area contributed by atoms with Crippen LogP contribution in [0.4, 0.5) is 0 Å². The molecule has 24 heavy (non-hydrogen) atoms. The number of rotatable bonds is 2. The zero-order chi connectivity index (χ0) is 16.5. The normalized spacial score (nSPS) is 18.0. The van der Waals surface area contributed by atoms with Crippen molar-refractivity contribution in [2.24, 2.45) is 0 Å². The van der Waals surface area contributed by atoms with Gasteiger partial charge in [-0.05, 0) is 43.0 Å². The second-order valence-electron chi connectivity index (χ2n) is 6.04. The van der Waals surface area contributed by atoms with E-state index in [0.29, 0.717) is 10.7 Å². The van der Waals surface area contributed by atoms with Gasteiger partial charge in [-0.25, -0.2) is 4.98 Å². The van der Waals surface area contributed by atoms with Crippen molar-refractivity contribution in [2.75, 3.05) is 6.54 Å². The van der Waals surface area contributed by atoms with Crippen molar-refractivity contribution >= 4 is 23.2 Å². The van der Waals surface area contributed by atoms with Crippen molar-refractivity contribution < 1.29 is 4.79 Å². The highest BCUT2D eigenvalue weighted by molar-refractivity contribution is 6.30. The molecule has 4 rings (SSSR count). The van der Waals surface area contributed by atoms with Gasteiger partial charge in [-0.15, -0.1) is 0 Å². The van der Waals surface area contributed by atoms with Gasteiger partial charge in [0.05, 0.1) is 11.1 Å². The molecule has 3 aromatic rings. The Hall–Kier alpha value is -2.40. The van der Waals surface area contributed by atoms with Crippen LogP contribution >= 0.6 is 11.6 Å². The number of nitrogens with zero attached hydrogens (tertiary/aromatic N) is 4. The van der Waals surface area contributed by atoms with E-state index in [-0.39, 0.29) is 11.9 Å². The molecule has 0 N–H and O–H groups in total. The third-order valence-electron chi connectivity index (χ3n) is 4.47. The molecule has 4 heterocycles. The fraction of sp³-hybridized carbons (Fsp3) is 0.278. The first-order chi connectivity index (χ1) is 11.7. The van der Waals surface area contributed by atoms with Gasteiger partial charge in [-0.1, -0.05) is 17.7 Å². The molecule has 3 aromatic heterocycles. The predicted molar refractivity (Wildman–Crippen MR) is 92.1 cm³/mol. The van der Waals surface area contributed by atoms with Crippen LogP contribution < -0.4 is 0 Å². The molecule has 1 unspecified atom stereocenters. The Kier molecular flexibility index (Phi) is 3.94. The van der Waals surface area contributed by atoms with E-state index in [1.54, 1.807) is 29.1 Å². The zero-order valence-corrected chi connectivity index (χ0v) is 13.9. The largest absolute Gasteiger partial charge is 0.330 e. The number of aromatic nitrogens is 3. The summed E-state index contributed by atoms with van der Waals surface area (Å²) in [5.41, 5.74) is 2.25. The molecule has 122 valence electrons. The van der Waals surface area contributed by atoms with Crippen LogP contribution in [0.5, 0.6) is 0 Å². The smallest absolute Gasteiger partial charge is 0.274 e. The maximum absolute atomic E-state index is 13.0. The number of hydrogen-bond acceptors (Lipinski definition) is 3. The van der Waals surface area contributed by atoms with Gasteiger partial charge in [-0.3, -0.25) is 9.78 Å². The van der Waals surface area contributed by atoms with Crippen molar-refractivity contribution in [1.82, 2.24) is 19.3 Å². The monoisotopic (exact) mass is 340 g/mol. The number of piperidine rings is 1. The molecular weight excluding hydrogens is 324 g/mol. The maximum atomic E-state index is 13.0. The van der Waals surface area contributed by atoms with E-state index in [1.807, 2.05) is 29.3 Å². The van der Waals surface area contributed by atoms with Crippen molar-refractivity contribution in [2.45, 2.75) is 25.3 Å². The summed E-state index contributed by atoms with van der Waals surface area (Å²) in [6.07, 6.45) is 10.2. The molecule has 0 saturated carbocycles. The van der Waals surface area contributed by atoms with E-state index in [4.69, 9.17) is 11.6 Å². The lowest BCUT2D eigenvalue weighted by molar-refractivity contribution is 0.0606. The Morgan fingerprint density at radius 2 is 2.12 bits per heavy atom. The van der Waals surface area contributed by atoms with Crippen LogP contribution in [0.15, 0.2) is 49.1 Å². The van der Waals surface area contributed by atoms with Gasteiger partial charge < -0.3 is 9.30 Å². The number of carbonyl (C=O) groups is 1. The maximum Gasteiger partial charge on any atom is 0.274 e. The standard InChI is InChI=1S/C18H17ClN4O/c19-14-6-7-17-21-15(12-22(17)11-14)18(24)23-9-2-1-5-16(23)13-4-3-8-20-10-13/h3-4,6-8,10-12,16H,1-2,5,9H2. The second kappa shape index (κ2) is 6.24. The molecule has 0 bridgehead atoms. The van der Waals surface area contributed by atoms with Crippen LogP contribution in [-0.4, -0.2) is 31.7 Å². The van der Waals surface area contributed by atoms with E-state index >= 15 is 0 Å². The average molecular weight is 341 g/mol. The van der Waals surface area contributed by atoms with Gasteiger partial charge in [0, 0.05) is 31.3 Å². The molecule has 1 aliphatic rings. The van der Waals surface area contributed by atoms with Crippen LogP contribution in [0.25, 0.3) is 5.65 Å². The van der Waals surface area contributed by atoms with E-state index < -0.39 is 0 Å². The Morgan fingerprint density at radius 1 is 1.21 bits per heavy atom. The molecule has 1 saturated heterocycles. The number of halogens is 1. The van der Waals surface area contributed by atoms with Gasteiger partial charge in [-0.2, -0.15) is 0 Å². The minimum atomic E-state index is -0.0385. The molecule has 1 amide bonds. The summed E-state index contributed by atoms with van der Waals surface area (Å²) in [4.78, 5) is 23.6. The molecule has 1 fully saturated rings. The summed E-state index contributed by atoms with van der Waals surface area (Å²) >= 11 is 6.01. The number of pyridine rings is 2. The molecular formula is C18H17ClN4O. The quantitative estimate of drug-likeness (QED) is 0.714. The highest BCUT2D eigenvalue weighted by Gasteiger charge is 2.30. The number of likely N-dealkylation sites (tertiary alicyclic amines) is 1. The van der Waals surface area contributed by atoms with Gasteiger partial charge in [0.1, 0.15) is 11.3 Å². The first-order valence-electron chi connectivity index (χ1n) is 8.07. The van der Waals surface area contributed by atoms with E-state index in [1.165, 1.54) is 0 Å². The summed E-state index contributed by atoms with van der Waals surface area (Å²) in [5.74, 6) is -0.0385. The van der Waals surface area contributed by atoms with Crippen LogP contribution in [-0.2, 0) is 0 Å². The number of amides is 1. The third kappa shape index (κ3) is 2.76. The first-order valence-corrected chi connectivity index (χ1v) is 8.45. The first kappa shape index (κ1) is 15.1. The lowest BCUT2D eigenvalue weighted by Crippen LogP contribution is -2.38. The minimum Gasteiger partial charge on any atom is -0.330 e. The van der Waals surface area contributed by atoms with Crippen molar-refractivity contribution in [3.05, 3.63) is 65.3 Å². The fourth-order valence-corrected chi connectivity index (χ4v) is 3.48. The van der Waals surface area contributed by atoms with Crippen molar-refractivity contribution in [1.29, 1.82) is 0 Å². The molecule has 1 atom stereocenters. The zero-order valence-electron chi connectivity index (χ0n) is 13.1. The minimum absolute atomic E-state index is 0.0385. The van der Waals surface area contributed by atoms with Crippen molar-refractivity contribution in [3.63, 3.8) is 0 Å². The Morgan fingerprint density at radius 3 is 2.96 bits per heavy atom. The Balaban J connectivity index is 1.67. The molecule has 0 radical (unpaired) electrons. The lowest BCUT2D eigenvalue weighted by atomic mass is 9.96. The number of hydrogen-bond donors (Lipinski definition) is 0. The topological polar surface area (TPSA) is 50.5 Å². The van der Waals surface area contributed by atoms with Gasteiger partial charge in [0.2, 0.25) is 0 Å². The second-order valence-corrected chi connectivity index (χ2v) is 6.47. The van der Waals surface area contributed by atoms with E-state index in [0.717, 1.165) is 37.0 Å². The van der Waals surface area contributed by atoms with Gasteiger partial charge in [0.15, 0.2) is 0 Å². The summed E-state index contributed by atoms with van der Waals surface area (Å²) in [6, 6.07) is 7.60. The Bertz CT molecular complexity index is 877. The number of carbonyl (C=O) groups excluding carboxylic acids is 1. The molecule has 6 heteroatoms. The summed E-state index contributed by atoms with van der Waals surface area (Å²) in [5, 5.41) is 0.616. The number of fused-ring (bicyclic) bond motifs is 1. The van der Waals surface area contributed by atoms with Gasteiger partial charge in [0.25, 0.3) is 5.91 Å². The molecule has 0 aromatic carbocycles. The van der Waals surface area contributed by atoms with Crippen LogP contribution in [0.3, 0.4) is 0 Å². The van der Waals surface area contributed by atoms with E-state index in [2.05, 4.69) is 9.97 Å². The highest BCUT2D eigenvalue weighted by atomic mass is 35.5. The van der Waals surface area contributed by atoms with E-state index in [9.17, 15) is 4.79 Å².